The number of rotatable bonds is 14. The number of hydrogen-bond acceptors (Lipinski definition) is 7. The molecule has 6 nitrogen and oxygen atoms in total. The third-order valence-corrected chi connectivity index (χ3v) is 7.26. The van der Waals surface area contributed by atoms with Crippen LogP contribution in [0.3, 0.4) is 0 Å². The van der Waals surface area contributed by atoms with E-state index in [1.165, 1.54) is 0 Å². The number of unbranched alkanes of at least 4 members (excludes halogenated alkanes) is 1. The Kier molecular flexibility index (Phi) is 14.4. The molecule has 0 spiro atoms. The molecule has 0 saturated carbocycles. The molecule has 25 heavy (non-hydrogen) atoms. The molecule has 0 aromatic carbocycles. The predicted octanol–water partition coefficient (Wildman–Crippen LogP) is 3.06. The molecule has 0 bridgehead atoms. The average Bonchev–Trinajstić information content (AvgIpc) is 2.61. The normalized spacial score (nSPS) is 24.8. The van der Waals surface area contributed by atoms with Crippen molar-refractivity contribution in [3.05, 3.63) is 0 Å². The van der Waals surface area contributed by atoms with Crippen LogP contribution in [-0.2, 0) is 22.9 Å². The maximum atomic E-state index is 6.09. The molecule has 2 unspecified atom stereocenters. The van der Waals surface area contributed by atoms with Crippen LogP contribution >= 0.6 is 12.6 Å². The second-order valence-electron chi connectivity index (χ2n) is 6.30. The highest BCUT2D eigenvalue weighted by Gasteiger charge is 2.42. The lowest BCUT2D eigenvalue weighted by atomic mass is 10.0. The Hall–Kier alpha value is 0.327. The minimum absolute atomic E-state index is 0.479. The van der Waals surface area contributed by atoms with E-state index in [1.54, 1.807) is 0 Å². The largest absolute Gasteiger partial charge is 0.518 e. The van der Waals surface area contributed by atoms with Crippen LogP contribution in [0.25, 0.3) is 0 Å². The van der Waals surface area contributed by atoms with Crippen LogP contribution in [0.5, 0.6) is 0 Å². The quantitative estimate of drug-likeness (QED) is 0.268. The average molecular weight is 396 g/mol. The molecule has 1 rings (SSSR count). The van der Waals surface area contributed by atoms with Crippen molar-refractivity contribution in [1.29, 1.82) is 0 Å². The number of thiol groups is 1. The maximum absolute atomic E-state index is 6.09. The van der Waals surface area contributed by atoms with Crippen molar-refractivity contribution < 1.29 is 22.9 Å². The van der Waals surface area contributed by atoms with Gasteiger partial charge in [-0.1, -0.05) is 26.7 Å². The van der Waals surface area contributed by atoms with E-state index < -0.39 is 8.80 Å². The fourth-order valence-corrected chi connectivity index (χ4v) is 5.30. The molecule has 0 aromatic rings. The molecule has 0 amide bonds. The van der Waals surface area contributed by atoms with E-state index in [0.717, 1.165) is 57.1 Å². The monoisotopic (exact) mass is 395 g/mol. The molecule has 1 heterocycles. The minimum atomic E-state index is -2.69. The molecule has 0 aliphatic carbocycles. The first kappa shape index (κ1) is 23.4. The first-order valence-electron chi connectivity index (χ1n) is 9.71. The van der Waals surface area contributed by atoms with E-state index >= 15 is 0 Å². The Morgan fingerprint density at radius 2 is 1.84 bits per heavy atom. The van der Waals surface area contributed by atoms with E-state index in [9.17, 15) is 0 Å². The van der Waals surface area contributed by atoms with Crippen molar-refractivity contribution in [2.75, 3.05) is 51.9 Å². The molecule has 1 N–H and O–H groups in total. The van der Waals surface area contributed by atoms with Crippen LogP contribution < -0.4 is 5.48 Å². The van der Waals surface area contributed by atoms with Crippen molar-refractivity contribution >= 4 is 21.4 Å². The summed E-state index contributed by atoms with van der Waals surface area (Å²) in [4.78, 5) is 0. The van der Waals surface area contributed by atoms with Gasteiger partial charge in [-0.2, -0.15) is 12.6 Å². The number of ether oxygens (including phenoxy) is 2. The molecular formula is C17H37NO5SSi. The SMILES string of the molecule is CCCCOCCOCCO[Si]1(CCCS)OCCC(CC)CNO1. The Labute approximate surface area is 160 Å². The molecule has 1 saturated heterocycles. The summed E-state index contributed by atoms with van der Waals surface area (Å²) in [6.45, 7) is 8.94. The van der Waals surface area contributed by atoms with Crippen molar-refractivity contribution in [3.8, 4) is 0 Å². The van der Waals surface area contributed by atoms with Gasteiger partial charge in [0, 0.05) is 25.8 Å². The first-order chi connectivity index (χ1) is 12.3. The van der Waals surface area contributed by atoms with Gasteiger partial charge in [0.1, 0.15) is 0 Å². The van der Waals surface area contributed by atoms with Crippen molar-refractivity contribution in [3.63, 3.8) is 0 Å². The van der Waals surface area contributed by atoms with E-state index in [0.29, 0.717) is 39.0 Å². The van der Waals surface area contributed by atoms with Crippen LogP contribution in [0.15, 0.2) is 0 Å². The zero-order chi connectivity index (χ0) is 18.2. The molecule has 8 heteroatoms. The van der Waals surface area contributed by atoms with Crippen molar-refractivity contribution in [1.82, 2.24) is 5.48 Å². The van der Waals surface area contributed by atoms with Gasteiger partial charge in [-0.25, -0.2) is 5.48 Å². The van der Waals surface area contributed by atoms with Crippen LogP contribution in [0.2, 0.25) is 6.04 Å². The molecule has 0 aromatic heterocycles. The van der Waals surface area contributed by atoms with E-state index in [1.807, 2.05) is 0 Å². The standard InChI is InChI=1S/C17H37NO5SSi/c1-3-5-8-19-10-11-20-12-13-22-25(15-6-14-24)21-9-7-17(4-2)16-18-23-25/h17-18,24H,3-16H2,1-2H3. The van der Waals surface area contributed by atoms with Gasteiger partial charge in [0.25, 0.3) is 0 Å². The summed E-state index contributed by atoms with van der Waals surface area (Å²) in [5.41, 5.74) is 3.09. The molecule has 1 fully saturated rings. The lowest BCUT2D eigenvalue weighted by Crippen LogP contribution is -2.52. The summed E-state index contributed by atoms with van der Waals surface area (Å²) >= 11 is 4.30. The molecule has 150 valence electrons. The molecule has 0 radical (unpaired) electrons. The highest BCUT2D eigenvalue weighted by atomic mass is 32.1. The van der Waals surface area contributed by atoms with Crippen LogP contribution in [-0.4, -0.2) is 60.7 Å². The summed E-state index contributed by atoms with van der Waals surface area (Å²) in [5.74, 6) is 1.39. The van der Waals surface area contributed by atoms with Crippen LogP contribution in [0.1, 0.15) is 46.0 Å². The fourth-order valence-electron chi connectivity index (χ4n) is 2.52. The van der Waals surface area contributed by atoms with Gasteiger partial charge in [-0.3, -0.25) is 4.53 Å². The summed E-state index contributed by atoms with van der Waals surface area (Å²) in [6, 6.07) is 0.778. The lowest BCUT2D eigenvalue weighted by molar-refractivity contribution is -0.0205. The second kappa shape index (κ2) is 15.4. The predicted molar refractivity (Wildman–Crippen MR) is 105 cm³/mol. The molecule has 2 atom stereocenters. The Balaban J connectivity index is 2.25. The lowest BCUT2D eigenvalue weighted by Gasteiger charge is -2.33. The fraction of sp³-hybridized carbons (Fsp3) is 1.00. The van der Waals surface area contributed by atoms with Crippen molar-refractivity contribution in [2.24, 2.45) is 5.92 Å². The van der Waals surface area contributed by atoms with Gasteiger partial charge >= 0.3 is 8.80 Å². The van der Waals surface area contributed by atoms with Gasteiger partial charge in [-0.15, -0.1) is 0 Å². The summed E-state index contributed by atoms with van der Waals surface area (Å²) in [5, 5.41) is 0. The van der Waals surface area contributed by atoms with Gasteiger partial charge < -0.3 is 18.3 Å². The highest BCUT2D eigenvalue weighted by Crippen LogP contribution is 2.21. The highest BCUT2D eigenvalue weighted by molar-refractivity contribution is 7.80. The number of hydroxylamine groups is 1. The van der Waals surface area contributed by atoms with Gasteiger partial charge in [-0.05, 0) is 30.9 Å². The summed E-state index contributed by atoms with van der Waals surface area (Å²) in [7, 11) is -2.69. The van der Waals surface area contributed by atoms with Gasteiger partial charge in [0.05, 0.1) is 26.4 Å². The third kappa shape index (κ3) is 10.9. The third-order valence-electron chi connectivity index (χ3n) is 4.23. The summed E-state index contributed by atoms with van der Waals surface area (Å²) in [6.07, 6.45) is 5.33. The first-order valence-corrected chi connectivity index (χ1v) is 12.3. The van der Waals surface area contributed by atoms with Crippen LogP contribution in [0, 0.1) is 5.92 Å². The number of nitrogens with one attached hydrogen (secondary N) is 1. The topological polar surface area (TPSA) is 58.2 Å². The zero-order valence-corrected chi connectivity index (χ0v) is 17.9. The van der Waals surface area contributed by atoms with Gasteiger partial charge in [0.2, 0.25) is 0 Å². The Bertz CT molecular complexity index is 305. The summed E-state index contributed by atoms with van der Waals surface area (Å²) < 4.78 is 29.1. The van der Waals surface area contributed by atoms with Gasteiger partial charge in [0.15, 0.2) is 0 Å². The Morgan fingerprint density at radius 1 is 1.08 bits per heavy atom. The number of hydrogen-bond donors (Lipinski definition) is 2. The molecule has 1 aliphatic heterocycles. The zero-order valence-electron chi connectivity index (χ0n) is 16.0. The van der Waals surface area contributed by atoms with E-state index in [-0.39, 0.29) is 0 Å². The van der Waals surface area contributed by atoms with Crippen molar-refractivity contribution in [2.45, 2.75) is 52.0 Å². The smallest absolute Gasteiger partial charge is 0.379 e. The maximum Gasteiger partial charge on any atom is 0.518 e. The molecule has 1 aliphatic rings. The minimum Gasteiger partial charge on any atom is -0.379 e. The molecular weight excluding hydrogens is 358 g/mol. The van der Waals surface area contributed by atoms with Crippen LogP contribution in [0.4, 0.5) is 0 Å². The van der Waals surface area contributed by atoms with E-state index in [2.05, 4.69) is 32.0 Å². The second-order valence-corrected chi connectivity index (χ2v) is 9.39. The Morgan fingerprint density at radius 3 is 2.56 bits per heavy atom. The van der Waals surface area contributed by atoms with E-state index in [4.69, 9.17) is 22.9 Å².